The van der Waals surface area contributed by atoms with Crippen LogP contribution < -0.4 is 0 Å². The Morgan fingerprint density at radius 2 is 2.08 bits per heavy atom. The second-order valence-corrected chi connectivity index (χ2v) is 5.84. The highest BCUT2D eigenvalue weighted by molar-refractivity contribution is 5.89. The van der Waals surface area contributed by atoms with Crippen molar-refractivity contribution in [1.82, 2.24) is 4.90 Å². The van der Waals surface area contributed by atoms with Gasteiger partial charge < -0.3 is 9.47 Å². The summed E-state index contributed by atoms with van der Waals surface area (Å²) >= 11 is 0. The summed E-state index contributed by atoms with van der Waals surface area (Å²) < 4.78 is 23.6. The largest absolute Gasteiger partial charge is 0.465 e. The Balaban J connectivity index is 1.67. The molecule has 0 radical (unpaired) electrons. The van der Waals surface area contributed by atoms with Crippen molar-refractivity contribution in [2.75, 3.05) is 26.8 Å². The number of methoxy groups -OCH3 is 1. The lowest BCUT2D eigenvalue weighted by atomic mass is 10.1. The molecule has 1 aliphatic heterocycles. The zero-order valence-electron chi connectivity index (χ0n) is 13.6. The number of hydrogen-bond acceptors (Lipinski definition) is 4. The molecule has 3 rings (SSSR count). The van der Waals surface area contributed by atoms with Crippen molar-refractivity contribution in [3.8, 4) is 0 Å². The van der Waals surface area contributed by atoms with E-state index in [4.69, 9.17) is 9.47 Å². The van der Waals surface area contributed by atoms with Gasteiger partial charge in [0.1, 0.15) is 5.82 Å². The van der Waals surface area contributed by atoms with Gasteiger partial charge in [0.2, 0.25) is 0 Å². The number of halogens is 1. The molecule has 2 aromatic carbocycles. The summed E-state index contributed by atoms with van der Waals surface area (Å²) in [7, 11) is 1.38. The van der Waals surface area contributed by atoms with Crippen LogP contribution in [0.4, 0.5) is 4.39 Å². The highest BCUT2D eigenvalue weighted by Crippen LogP contribution is 2.23. The first-order valence-electron chi connectivity index (χ1n) is 7.92. The van der Waals surface area contributed by atoms with Gasteiger partial charge in [0.15, 0.2) is 0 Å². The monoisotopic (exact) mass is 329 g/mol. The van der Waals surface area contributed by atoms with E-state index in [2.05, 4.69) is 4.90 Å². The summed E-state index contributed by atoms with van der Waals surface area (Å²) in [6, 6.07) is 13.9. The van der Waals surface area contributed by atoms with E-state index in [0.29, 0.717) is 12.2 Å². The van der Waals surface area contributed by atoms with Gasteiger partial charge in [-0.25, -0.2) is 9.18 Å². The Hall–Kier alpha value is -2.24. The molecule has 2 aromatic rings. The summed E-state index contributed by atoms with van der Waals surface area (Å²) in [5, 5.41) is 0. The zero-order valence-corrected chi connectivity index (χ0v) is 13.6. The van der Waals surface area contributed by atoms with E-state index in [0.717, 1.165) is 30.8 Å². The zero-order chi connectivity index (χ0) is 16.9. The first kappa shape index (κ1) is 16.6. The first-order chi connectivity index (χ1) is 11.7. The van der Waals surface area contributed by atoms with E-state index in [-0.39, 0.29) is 17.9 Å². The summed E-state index contributed by atoms with van der Waals surface area (Å²) in [5.74, 6) is -0.575. The Morgan fingerprint density at radius 3 is 2.83 bits per heavy atom. The lowest BCUT2D eigenvalue weighted by molar-refractivity contribution is -0.0329. The van der Waals surface area contributed by atoms with E-state index in [9.17, 15) is 9.18 Å². The van der Waals surface area contributed by atoms with Crippen LogP contribution in [-0.4, -0.2) is 37.7 Å². The minimum atomic E-state index is -0.331. The molecule has 1 aliphatic rings. The maximum atomic E-state index is 13.1. The molecular weight excluding hydrogens is 309 g/mol. The number of hydrogen-bond donors (Lipinski definition) is 0. The number of carbonyl (C=O) groups excluding carboxylic acids is 1. The molecule has 1 fully saturated rings. The highest BCUT2D eigenvalue weighted by Gasteiger charge is 2.22. The fraction of sp³-hybridized carbons (Fsp3) is 0.316. The summed E-state index contributed by atoms with van der Waals surface area (Å²) in [5.41, 5.74) is 2.58. The Bertz CT molecular complexity index is 702. The molecule has 0 bridgehead atoms. The van der Waals surface area contributed by atoms with Crippen LogP contribution in [0.25, 0.3) is 0 Å². The third-order valence-corrected chi connectivity index (χ3v) is 4.15. The van der Waals surface area contributed by atoms with E-state index in [1.165, 1.54) is 19.2 Å². The van der Waals surface area contributed by atoms with Crippen LogP contribution in [0.1, 0.15) is 27.6 Å². The van der Waals surface area contributed by atoms with Crippen molar-refractivity contribution in [2.24, 2.45) is 0 Å². The number of morpholine rings is 1. The summed E-state index contributed by atoms with van der Waals surface area (Å²) in [4.78, 5) is 13.9. The first-order valence-corrected chi connectivity index (χ1v) is 7.92. The van der Waals surface area contributed by atoms with Gasteiger partial charge in [-0.15, -0.1) is 0 Å². The molecule has 24 heavy (non-hydrogen) atoms. The molecule has 0 amide bonds. The molecule has 0 aromatic heterocycles. The third-order valence-electron chi connectivity index (χ3n) is 4.15. The summed E-state index contributed by atoms with van der Waals surface area (Å²) in [6.07, 6.45) is -0.0665. The molecule has 4 nitrogen and oxygen atoms in total. The van der Waals surface area contributed by atoms with Gasteiger partial charge in [0.05, 0.1) is 25.4 Å². The van der Waals surface area contributed by atoms with Crippen molar-refractivity contribution >= 4 is 5.97 Å². The molecule has 126 valence electrons. The average molecular weight is 329 g/mol. The van der Waals surface area contributed by atoms with E-state index in [1.54, 1.807) is 18.2 Å². The fourth-order valence-electron chi connectivity index (χ4n) is 2.90. The molecule has 0 saturated carbocycles. The van der Waals surface area contributed by atoms with Crippen molar-refractivity contribution < 1.29 is 18.7 Å². The van der Waals surface area contributed by atoms with Gasteiger partial charge in [-0.3, -0.25) is 4.90 Å². The van der Waals surface area contributed by atoms with Crippen molar-refractivity contribution in [1.29, 1.82) is 0 Å². The smallest absolute Gasteiger partial charge is 0.337 e. The van der Waals surface area contributed by atoms with Gasteiger partial charge in [-0.1, -0.05) is 24.3 Å². The number of benzene rings is 2. The van der Waals surface area contributed by atoms with Gasteiger partial charge >= 0.3 is 5.97 Å². The summed E-state index contributed by atoms with van der Waals surface area (Å²) in [6.45, 7) is 2.90. The second kappa shape index (κ2) is 7.55. The number of ether oxygens (including phenoxy) is 2. The van der Waals surface area contributed by atoms with Crippen LogP contribution in [0.3, 0.4) is 0 Å². The molecule has 1 heterocycles. The lowest BCUT2D eigenvalue weighted by Gasteiger charge is -2.33. The predicted octanol–water partition coefficient (Wildman–Crippen LogP) is 3.19. The third kappa shape index (κ3) is 3.99. The normalized spacial score (nSPS) is 18.3. The van der Waals surface area contributed by atoms with Crippen LogP contribution in [0, 0.1) is 5.82 Å². The standard InChI is InChI=1S/C19H20FNO3/c1-23-19(22)16-4-2-3-14(11-16)12-21-9-10-24-18(13-21)15-5-7-17(20)8-6-15/h2-8,11,18H,9-10,12-13H2,1H3. The Morgan fingerprint density at radius 1 is 1.29 bits per heavy atom. The minimum Gasteiger partial charge on any atom is -0.465 e. The molecular formula is C19H20FNO3. The van der Waals surface area contributed by atoms with Crippen LogP contribution in [-0.2, 0) is 16.0 Å². The molecule has 5 heteroatoms. The predicted molar refractivity (Wildman–Crippen MR) is 88.2 cm³/mol. The number of carbonyl (C=O) groups is 1. The van der Waals surface area contributed by atoms with E-state index in [1.807, 2.05) is 18.2 Å². The van der Waals surface area contributed by atoms with Gasteiger partial charge in [0, 0.05) is 19.6 Å². The van der Waals surface area contributed by atoms with Gasteiger partial charge in [-0.05, 0) is 35.4 Å². The number of esters is 1. The lowest BCUT2D eigenvalue weighted by Crippen LogP contribution is -2.37. The quantitative estimate of drug-likeness (QED) is 0.808. The number of nitrogens with zero attached hydrogens (tertiary/aromatic N) is 1. The topological polar surface area (TPSA) is 38.8 Å². The maximum absolute atomic E-state index is 13.1. The average Bonchev–Trinajstić information content (AvgIpc) is 2.62. The Kier molecular flexibility index (Phi) is 5.23. The van der Waals surface area contributed by atoms with Gasteiger partial charge in [0.25, 0.3) is 0 Å². The molecule has 0 N–H and O–H groups in total. The maximum Gasteiger partial charge on any atom is 0.337 e. The van der Waals surface area contributed by atoms with E-state index >= 15 is 0 Å². The van der Waals surface area contributed by atoms with Crippen LogP contribution >= 0.6 is 0 Å². The Labute approximate surface area is 140 Å². The van der Waals surface area contributed by atoms with Crippen molar-refractivity contribution in [2.45, 2.75) is 12.6 Å². The molecule has 1 saturated heterocycles. The van der Waals surface area contributed by atoms with Gasteiger partial charge in [-0.2, -0.15) is 0 Å². The molecule has 0 aliphatic carbocycles. The van der Waals surface area contributed by atoms with Crippen LogP contribution in [0.5, 0.6) is 0 Å². The molecule has 0 spiro atoms. The number of rotatable bonds is 4. The van der Waals surface area contributed by atoms with Crippen LogP contribution in [0.15, 0.2) is 48.5 Å². The molecule has 1 unspecified atom stereocenters. The second-order valence-electron chi connectivity index (χ2n) is 5.84. The van der Waals surface area contributed by atoms with E-state index < -0.39 is 0 Å². The minimum absolute atomic E-state index is 0.0665. The van der Waals surface area contributed by atoms with Crippen molar-refractivity contribution in [3.63, 3.8) is 0 Å². The highest BCUT2D eigenvalue weighted by atomic mass is 19.1. The molecule has 1 atom stereocenters. The fourth-order valence-corrected chi connectivity index (χ4v) is 2.90. The van der Waals surface area contributed by atoms with Crippen LogP contribution in [0.2, 0.25) is 0 Å². The SMILES string of the molecule is COC(=O)c1cccc(CN2CCOC(c3ccc(F)cc3)C2)c1. The van der Waals surface area contributed by atoms with Crippen molar-refractivity contribution in [3.05, 3.63) is 71.0 Å².